The molecule has 1 aromatic carbocycles. The summed E-state index contributed by atoms with van der Waals surface area (Å²) in [7, 11) is 0. The standard InChI is InChI=1S/C18H15F4NO4/c1-18(8-26-17(21)22)5-4-11-12(10-3-2-9(19)6-13(10)20)7-14(16(24)25)23-15(11)27-18/h2-3,6-7,17H,4-5,8H2,1H3,(H,24,25). The van der Waals surface area contributed by atoms with Crippen LogP contribution >= 0.6 is 0 Å². The van der Waals surface area contributed by atoms with Gasteiger partial charge in [0.15, 0.2) is 5.69 Å². The number of benzene rings is 1. The third-order valence-electron chi connectivity index (χ3n) is 4.29. The van der Waals surface area contributed by atoms with Crippen LogP contribution in [0.15, 0.2) is 24.3 Å². The molecule has 0 aliphatic carbocycles. The van der Waals surface area contributed by atoms with Crippen LogP contribution in [-0.4, -0.2) is 34.9 Å². The topological polar surface area (TPSA) is 68.7 Å². The average Bonchev–Trinajstić information content (AvgIpc) is 2.59. The number of alkyl halides is 2. The van der Waals surface area contributed by atoms with E-state index < -0.39 is 42.1 Å². The molecular weight excluding hydrogens is 370 g/mol. The molecule has 1 N–H and O–H groups in total. The van der Waals surface area contributed by atoms with E-state index in [1.807, 2.05) is 0 Å². The number of hydrogen-bond donors (Lipinski definition) is 1. The number of aromatic nitrogens is 1. The molecule has 0 radical (unpaired) electrons. The maximum atomic E-state index is 14.2. The Morgan fingerprint density at radius 2 is 2.07 bits per heavy atom. The Kier molecular flexibility index (Phi) is 5.05. The van der Waals surface area contributed by atoms with Crippen molar-refractivity contribution >= 4 is 5.97 Å². The summed E-state index contributed by atoms with van der Waals surface area (Å²) in [5.41, 5.74) is -0.946. The van der Waals surface area contributed by atoms with Gasteiger partial charge in [-0.15, -0.1) is 0 Å². The molecular formula is C18H15F4NO4. The van der Waals surface area contributed by atoms with E-state index >= 15 is 0 Å². The number of carbonyl (C=O) groups is 1. The van der Waals surface area contributed by atoms with Gasteiger partial charge in [0.05, 0.1) is 6.61 Å². The Morgan fingerprint density at radius 3 is 2.70 bits per heavy atom. The van der Waals surface area contributed by atoms with Crippen LogP contribution in [0.5, 0.6) is 5.88 Å². The molecule has 5 nitrogen and oxygen atoms in total. The highest BCUT2D eigenvalue weighted by atomic mass is 19.3. The van der Waals surface area contributed by atoms with E-state index in [4.69, 9.17) is 4.74 Å². The quantitative estimate of drug-likeness (QED) is 0.787. The van der Waals surface area contributed by atoms with Gasteiger partial charge < -0.3 is 14.6 Å². The lowest BCUT2D eigenvalue weighted by molar-refractivity contribution is -0.164. The van der Waals surface area contributed by atoms with Crippen LogP contribution in [0.4, 0.5) is 17.6 Å². The SMILES string of the molecule is CC1(COC(F)F)CCc2c(-c3ccc(F)cc3F)cc(C(=O)O)nc2O1. The largest absolute Gasteiger partial charge is 0.477 e. The first-order valence-electron chi connectivity index (χ1n) is 8.00. The summed E-state index contributed by atoms with van der Waals surface area (Å²) in [6, 6.07) is 4.11. The van der Waals surface area contributed by atoms with Crippen LogP contribution in [0.25, 0.3) is 11.1 Å². The normalized spacial score (nSPS) is 18.9. The fourth-order valence-corrected chi connectivity index (χ4v) is 2.95. The van der Waals surface area contributed by atoms with Gasteiger partial charge in [0.2, 0.25) is 5.88 Å². The Hall–Kier alpha value is -2.68. The van der Waals surface area contributed by atoms with E-state index in [2.05, 4.69) is 9.72 Å². The molecule has 0 saturated carbocycles. The molecule has 0 spiro atoms. The molecule has 0 bridgehead atoms. The molecule has 0 saturated heterocycles. The average molecular weight is 385 g/mol. The van der Waals surface area contributed by atoms with Crippen LogP contribution in [0, 0.1) is 11.6 Å². The Bertz CT molecular complexity index is 890. The van der Waals surface area contributed by atoms with E-state index in [1.54, 1.807) is 0 Å². The van der Waals surface area contributed by atoms with Gasteiger partial charge in [-0.05, 0) is 43.5 Å². The number of pyridine rings is 1. The fourth-order valence-electron chi connectivity index (χ4n) is 2.95. The van der Waals surface area contributed by atoms with E-state index in [9.17, 15) is 27.5 Å². The smallest absolute Gasteiger partial charge is 0.354 e. The molecule has 1 atom stereocenters. The predicted octanol–water partition coefficient (Wildman–Crippen LogP) is 4.05. The van der Waals surface area contributed by atoms with Crippen molar-refractivity contribution < 1.29 is 36.9 Å². The van der Waals surface area contributed by atoms with Crippen molar-refractivity contribution in [2.45, 2.75) is 32.0 Å². The predicted molar refractivity (Wildman–Crippen MR) is 85.9 cm³/mol. The second-order valence-corrected chi connectivity index (χ2v) is 6.39. The molecule has 3 rings (SSSR count). The van der Waals surface area contributed by atoms with Crippen LogP contribution in [0.1, 0.15) is 29.4 Å². The molecule has 0 fully saturated rings. The minimum Gasteiger partial charge on any atom is -0.477 e. The summed E-state index contributed by atoms with van der Waals surface area (Å²) < 4.78 is 62.1. The van der Waals surface area contributed by atoms with Gasteiger partial charge in [0, 0.05) is 17.2 Å². The molecule has 1 aliphatic heterocycles. The molecule has 9 heteroatoms. The second-order valence-electron chi connectivity index (χ2n) is 6.39. The summed E-state index contributed by atoms with van der Waals surface area (Å²) in [5, 5.41) is 9.28. The molecule has 27 heavy (non-hydrogen) atoms. The van der Waals surface area contributed by atoms with Gasteiger partial charge in [0.25, 0.3) is 0 Å². The van der Waals surface area contributed by atoms with Gasteiger partial charge in [-0.2, -0.15) is 8.78 Å². The zero-order chi connectivity index (χ0) is 19.8. The second kappa shape index (κ2) is 7.15. The number of halogens is 4. The number of fused-ring (bicyclic) bond motifs is 1. The van der Waals surface area contributed by atoms with Crippen LogP contribution in [-0.2, 0) is 11.2 Å². The summed E-state index contributed by atoms with van der Waals surface area (Å²) >= 11 is 0. The molecule has 2 heterocycles. The summed E-state index contributed by atoms with van der Waals surface area (Å²) in [4.78, 5) is 15.3. The van der Waals surface area contributed by atoms with E-state index in [0.29, 0.717) is 11.6 Å². The minimum atomic E-state index is -2.98. The Balaban J connectivity index is 2.07. The Morgan fingerprint density at radius 1 is 1.33 bits per heavy atom. The van der Waals surface area contributed by atoms with Crippen molar-refractivity contribution in [1.29, 1.82) is 0 Å². The van der Waals surface area contributed by atoms with Gasteiger partial charge in [-0.1, -0.05) is 0 Å². The van der Waals surface area contributed by atoms with Crippen molar-refractivity contribution in [3.63, 3.8) is 0 Å². The Labute approximate surface area is 151 Å². The van der Waals surface area contributed by atoms with Gasteiger partial charge in [-0.3, -0.25) is 0 Å². The van der Waals surface area contributed by atoms with Crippen molar-refractivity contribution in [2.75, 3.05) is 6.61 Å². The van der Waals surface area contributed by atoms with Crippen molar-refractivity contribution in [2.24, 2.45) is 0 Å². The zero-order valence-electron chi connectivity index (χ0n) is 14.1. The van der Waals surface area contributed by atoms with Gasteiger partial charge >= 0.3 is 12.6 Å². The highest BCUT2D eigenvalue weighted by molar-refractivity contribution is 5.88. The van der Waals surface area contributed by atoms with Crippen molar-refractivity contribution in [1.82, 2.24) is 4.98 Å². The number of nitrogens with zero attached hydrogens (tertiary/aromatic N) is 1. The maximum Gasteiger partial charge on any atom is 0.354 e. The first-order valence-corrected chi connectivity index (χ1v) is 8.00. The van der Waals surface area contributed by atoms with Gasteiger partial charge in [-0.25, -0.2) is 18.6 Å². The van der Waals surface area contributed by atoms with Crippen LogP contribution < -0.4 is 4.74 Å². The fraction of sp³-hybridized carbons (Fsp3) is 0.333. The molecule has 1 unspecified atom stereocenters. The number of hydrogen-bond acceptors (Lipinski definition) is 4. The number of rotatable bonds is 5. The number of carboxylic acids is 1. The molecule has 1 aliphatic rings. The highest BCUT2D eigenvalue weighted by Crippen LogP contribution is 2.39. The molecule has 1 aromatic heterocycles. The summed E-state index contributed by atoms with van der Waals surface area (Å²) in [6.07, 6.45) is 0.522. The lowest BCUT2D eigenvalue weighted by atomic mass is 9.89. The van der Waals surface area contributed by atoms with E-state index in [1.165, 1.54) is 19.1 Å². The van der Waals surface area contributed by atoms with E-state index in [0.717, 1.165) is 6.07 Å². The third-order valence-corrected chi connectivity index (χ3v) is 4.29. The molecule has 144 valence electrons. The monoisotopic (exact) mass is 385 g/mol. The third kappa shape index (κ3) is 4.02. The van der Waals surface area contributed by atoms with Crippen molar-refractivity contribution in [3.05, 3.63) is 47.2 Å². The number of aromatic carboxylic acids is 1. The summed E-state index contributed by atoms with van der Waals surface area (Å²) in [6.45, 7) is -1.87. The minimum absolute atomic E-state index is 0.00594. The van der Waals surface area contributed by atoms with Crippen LogP contribution in [0.2, 0.25) is 0 Å². The zero-order valence-corrected chi connectivity index (χ0v) is 14.1. The highest BCUT2D eigenvalue weighted by Gasteiger charge is 2.36. The number of ether oxygens (including phenoxy) is 2. The van der Waals surface area contributed by atoms with E-state index in [-0.39, 0.29) is 29.8 Å². The first kappa shape index (κ1) is 19.1. The maximum absolute atomic E-state index is 14.2. The summed E-state index contributed by atoms with van der Waals surface area (Å²) in [5.74, 6) is -3.11. The number of carboxylic acid groups (broad SMARTS) is 1. The van der Waals surface area contributed by atoms with Gasteiger partial charge in [0.1, 0.15) is 17.2 Å². The van der Waals surface area contributed by atoms with Crippen molar-refractivity contribution in [3.8, 4) is 17.0 Å². The lowest BCUT2D eigenvalue weighted by Gasteiger charge is -2.35. The molecule has 2 aromatic rings. The first-order chi connectivity index (χ1) is 12.7. The molecule has 0 amide bonds. The van der Waals surface area contributed by atoms with Crippen LogP contribution in [0.3, 0.4) is 0 Å². The lowest BCUT2D eigenvalue weighted by Crippen LogP contribution is -2.42.